The predicted molar refractivity (Wildman–Crippen MR) is 115 cm³/mol. The smallest absolute Gasteiger partial charge is 0.261 e. The van der Waals surface area contributed by atoms with Crippen LogP contribution in [0.2, 0.25) is 0 Å². The predicted octanol–water partition coefficient (Wildman–Crippen LogP) is 2.51. The molecular weight excluding hydrogens is 378 g/mol. The van der Waals surface area contributed by atoms with Gasteiger partial charge in [0.2, 0.25) is 0 Å². The minimum absolute atomic E-state index is 0.0463. The van der Waals surface area contributed by atoms with Gasteiger partial charge in [-0.1, -0.05) is 24.3 Å². The molecule has 0 bridgehead atoms. The number of nitrogens with zero attached hydrogens (tertiary/aromatic N) is 3. The third-order valence-corrected chi connectivity index (χ3v) is 5.60. The summed E-state index contributed by atoms with van der Waals surface area (Å²) in [5.41, 5.74) is 3.01. The number of hydrogen-bond donors (Lipinski definition) is 2. The van der Waals surface area contributed by atoms with E-state index in [-0.39, 0.29) is 23.1 Å². The van der Waals surface area contributed by atoms with Crippen molar-refractivity contribution in [3.63, 3.8) is 0 Å². The number of carbonyl (C=O) groups excluding carboxylic acids is 1. The first kappa shape index (κ1) is 20.1. The lowest BCUT2D eigenvalue weighted by Gasteiger charge is -2.26. The van der Waals surface area contributed by atoms with Crippen molar-refractivity contribution in [3.05, 3.63) is 87.6 Å². The molecule has 7 heteroatoms. The van der Waals surface area contributed by atoms with Gasteiger partial charge in [-0.05, 0) is 55.6 Å². The Morgan fingerprint density at radius 3 is 2.93 bits per heavy atom. The van der Waals surface area contributed by atoms with Crippen LogP contribution in [0.3, 0.4) is 0 Å². The Hall–Kier alpha value is -3.19. The number of carbonyl (C=O) groups is 1. The molecule has 2 aromatic heterocycles. The summed E-state index contributed by atoms with van der Waals surface area (Å²) in [7, 11) is 1.99. The number of fused-ring (bicyclic) bond motifs is 1. The molecule has 0 saturated carbocycles. The SMILES string of the molecule is CN(CCn1cccn1)Cc1ccc(C(=O)NC2CCCc3ccccc32)c(=O)[nH]1. The number of amides is 1. The molecule has 2 heterocycles. The summed E-state index contributed by atoms with van der Waals surface area (Å²) in [6.45, 7) is 2.17. The third-order valence-electron chi connectivity index (χ3n) is 5.60. The fourth-order valence-corrected chi connectivity index (χ4v) is 4.00. The van der Waals surface area contributed by atoms with E-state index in [1.165, 1.54) is 5.56 Å². The number of aromatic amines is 1. The van der Waals surface area contributed by atoms with Crippen molar-refractivity contribution in [1.82, 2.24) is 25.0 Å². The van der Waals surface area contributed by atoms with E-state index >= 15 is 0 Å². The molecule has 1 aliphatic rings. The standard InChI is InChI=1S/C23H27N5O2/c1-27(14-15-28-13-5-12-24-28)16-18-10-11-20(22(29)25-18)23(30)26-21-9-4-7-17-6-2-3-8-19(17)21/h2-3,5-6,8,10-13,21H,4,7,9,14-16H2,1H3,(H,25,29)(H,26,30). The molecule has 2 N–H and O–H groups in total. The van der Waals surface area contributed by atoms with E-state index in [1.807, 2.05) is 42.2 Å². The van der Waals surface area contributed by atoms with E-state index in [0.717, 1.165) is 43.6 Å². The monoisotopic (exact) mass is 405 g/mol. The maximum atomic E-state index is 12.8. The van der Waals surface area contributed by atoms with Crippen molar-refractivity contribution in [1.29, 1.82) is 0 Å². The van der Waals surface area contributed by atoms with Gasteiger partial charge in [0.25, 0.3) is 11.5 Å². The second-order valence-electron chi connectivity index (χ2n) is 7.85. The summed E-state index contributed by atoms with van der Waals surface area (Å²) >= 11 is 0. The van der Waals surface area contributed by atoms with E-state index in [1.54, 1.807) is 12.3 Å². The van der Waals surface area contributed by atoms with E-state index in [4.69, 9.17) is 0 Å². The Labute approximate surface area is 175 Å². The third kappa shape index (κ3) is 4.68. The molecule has 7 nitrogen and oxygen atoms in total. The van der Waals surface area contributed by atoms with E-state index < -0.39 is 0 Å². The lowest BCUT2D eigenvalue weighted by atomic mass is 9.87. The van der Waals surface area contributed by atoms with Gasteiger partial charge in [-0.25, -0.2) is 0 Å². The minimum Gasteiger partial charge on any atom is -0.345 e. The highest BCUT2D eigenvalue weighted by molar-refractivity contribution is 5.94. The number of aryl methyl sites for hydroxylation is 1. The van der Waals surface area contributed by atoms with Crippen molar-refractivity contribution in [3.8, 4) is 0 Å². The van der Waals surface area contributed by atoms with Crippen molar-refractivity contribution in [2.24, 2.45) is 0 Å². The molecule has 30 heavy (non-hydrogen) atoms. The van der Waals surface area contributed by atoms with Gasteiger partial charge in [0.15, 0.2) is 0 Å². The van der Waals surface area contributed by atoms with E-state index in [9.17, 15) is 9.59 Å². The van der Waals surface area contributed by atoms with E-state index in [0.29, 0.717) is 6.54 Å². The molecule has 3 aromatic rings. The Bertz CT molecular complexity index is 1060. The van der Waals surface area contributed by atoms with Gasteiger partial charge in [0, 0.05) is 31.2 Å². The van der Waals surface area contributed by atoms with Gasteiger partial charge in [0.1, 0.15) is 5.56 Å². The second kappa shape index (κ2) is 9.09. The first-order chi connectivity index (χ1) is 14.6. The molecule has 4 rings (SSSR count). The molecule has 156 valence electrons. The molecular formula is C23H27N5O2. The number of pyridine rings is 1. The lowest BCUT2D eigenvalue weighted by molar-refractivity contribution is 0.0931. The molecule has 1 atom stereocenters. The molecule has 0 fully saturated rings. The maximum absolute atomic E-state index is 12.8. The first-order valence-electron chi connectivity index (χ1n) is 10.4. The van der Waals surface area contributed by atoms with Crippen molar-refractivity contribution in [2.75, 3.05) is 13.6 Å². The average Bonchev–Trinajstić information content (AvgIpc) is 3.26. The molecule has 1 aromatic carbocycles. The van der Waals surface area contributed by atoms with Crippen LogP contribution in [0.25, 0.3) is 0 Å². The van der Waals surface area contributed by atoms with Gasteiger partial charge < -0.3 is 10.3 Å². The molecule has 0 spiro atoms. The van der Waals surface area contributed by atoms with Crippen molar-refractivity contribution in [2.45, 2.75) is 38.4 Å². The normalized spacial score (nSPS) is 15.7. The Balaban J connectivity index is 1.38. The lowest BCUT2D eigenvalue weighted by Crippen LogP contribution is -2.34. The highest BCUT2D eigenvalue weighted by Crippen LogP contribution is 2.29. The zero-order valence-electron chi connectivity index (χ0n) is 17.2. The number of rotatable bonds is 7. The van der Waals surface area contributed by atoms with Crippen LogP contribution in [0.15, 0.2) is 59.7 Å². The van der Waals surface area contributed by atoms with Gasteiger partial charge >= 0.3 is 0 Å². The van der Waals surface area contributed by atoms with Crippen molar-refractivity contribution < 1.29 is 4.79 Å². The Kier molecular flexibility index (Phi) is 6.09. The molecule has 0 radical (unpaired) electrons. The number of aromatic nitrogens is 3. The van der Waals surface area contributed by atoms with Crippen LogP contribution in [0, 0.1) is 0 Å². The topological polar surface area (TPSA) is 83.0 Å². The second-order valence-corrected chi connectivity index (χ2v) is 7.85. The quantitative estimate of drug-likeness (QED) is 0.633. The summed E-state index contributed by atoms with van der Waals surface area (Å²) in [6, 6.07) is 13.5. The summed E-state index contributed by atoms with van der Waals surface area (Å²) < 4.78 is 1.87. The van der Waals surface area contributed by atoms with Crippen LogP contribution in [0.4, 0.5) is 0 Å². The minimum atomic E-state index is -0.352. The molecule has 0 saturated heterocycles. The number of hydrogen-bond acceptors (Lipinski definition) is 4. The van der Waals surface area contributed by atoms with Gasteiger partial charge in [-0.2, -0.15) is 5.10 Å². The summed E-state index contributed by atoms with van der Waals surface area (Å²) in [4.78, 5) is 30.3. The zero-order valence-corrected chi connectivity index (χ0v) is 17.2. The van der Waals surface area contributed by atoms with E-state index in [2.05, 4.69) is 32.4 Å². The van der Waals surface area contributed by atoms with Crippen LogP contribution >= 0.6 is 0 Å². The zero-order chi connectivity index (χ0) is 20.9. The number of H-pyrrole nitrogens is 1. The molecule has 1 amide bonds. The summed E-state index contributed by atoms with van der Waals surface area (Å²) in [6.07, 6.45) is 6.63. The summed E-state index contributed by atoms with van der Waals surface area (Å²) in [5, 5.41) is 7.24. The highest BCUT2D eigenvalue weighted by atomic mass is 16.2. The fourth-order valence-electron chi connectivity index (χ4n) is 4.00. The van der Waals surface area contributed by atoms with Crippen LogP contribution in [0.1, 0.15) is 46.1 Å². The maximum Gasteiger partial charge on any atom is 0.261 e. The average molecular weight is 406 g/mol. The molecule has 1 unspecified atom stereocenters. The van der Waals surface area contributed by atoms with Crippen LogP contribution in [0.5, 0.6) is 0 Å². The number of benzene rings is 1. The fraction of sp³-hybridized carbons (Fsp3) is 0.348. The van der Waals surface area contributed by atoms with Gasteiger partial charge in [0.05, 0.1) is 12.6 Å². The highest BCUT2D eigenvalue weighted by Gasteiger charge is 2.23. The van der Waals surface area contributed by atoms with Crippen LogP contribution in [-0.2, 0) is 19.5 Å². The molecule has 1 aliphatic carbocycles. The van der Waals surface area contributed by atoms with Gasteiger partial charge in [-0.3, -0.25) is 19.2 Å². The van der Waals surface area contributed by atoms with Crippen LogP contribution < -0.4 is 10.9 Å². The van der Waals surface area contributed by atoms with Gasteiger partial charge in [-0.15, -0.1) is 0 Å². The Morgan fingerprint density at radius 1 is 1.27 bits per heavy atom. The number of nitrogens with one attached hydrogen (secondary N) is 2. The number of likely N-dealkylation sites (N-methyl/N-ethyl adjacent to an activating group) is 1. The first-order valence-corrected chi connectivity index (χ1v) is 10.4. The van der Waals surface area contributed by atoms with Crippen LogP contribution in [-0.4, -0.2) is 39.2 Å². The molecule has 0 aliphatic heterocycles. The largest absolute Gasteiger partial charge is 0.345 e. The summed E-state index contributed by atoms with van der Waals surface area (Å²) in [5.74, 6) is -0.323. The van der Waals surface area contributed by atoms with Crippen molar-refractivity contribution >= 4 is 5.91 Å². The Morgan fingerprint density at radius 2 is 2.13 bits per heavy atom.